The fraction of sp³-hybridized carbons (Fsp3) is 0.750. The summed E-state index contributed by atoms with van der Waals surface area (Å²) in [6.45, 7) is 7.71. The van der Waals surface area contributed by atoms with Gasteiger partial charge in [0.25, 0.3) is 0 Å². The zero-order chi connectivity index (χ0) is 18.4. The molecular weight excluding hydrogens is 328 g/mol. The van der Waals surface area contributed by atoms with Crippen molar-refractivity contribution in [1.29, 1.82) is 0 Å². The summed E-state index contributed by atoms with van der Waals surface area (Å²) in [6, 6.07) is 0. The highest BCUT2D eigenvalue weighted by molar-refractivity contribution is 5.88. The maximum atomic E-state index is 11.9. The highest BCUT2D eigenvalue weighted by Gasteiger charge is 2.24. The number of hydrogen-bond donors (Lipinski definition) is 1. The van der Waals surface area contributed by atoms with Crippen molar-refractivity contribution in [2.75, 3.05) is 26.9 Å². The summed E-state index contributed by atoms with van der Waals surface area (Å²) in [4.78, 5) is 23.6. The van der Waals surface area contributed by atoms with Gasteiger partial charge in [0, 0.05) is 32.0 Å². The minimum atomic E-state index is -0.562. The average Bonchev–Trinajstić information content (AvgIpc) is 3.16. The Morgan fingerprint density at radius 1 is 1.40 bits per heavy atom. The second-order valence-electron chi connectivity index (χ2n) is 6.97. The van der Waals surface area contributed by atoms with E-state index in [4.69, 9.17) is 14.2 Å². The second kappa shape index (κ2) is 8.28. The van der Waals surface area contributed by atoms with E-state index in [1.807, 2.05) is 0 Å². The number of esters is 1. The molecule has 1 aromatic rings. The molecule has 1 N–H and O–H groups in total. The molecule has 1 aromatic heterocycles. The smallest absolute Gasteiger partial charge is 0.407 e. The first-order chi connectivity index (χ1) is 11.8. The number of ether oxygens (including phenoxy) is 3. The highest BCUT2D eigenvalue weighted by Crippen LogP contribution is 2.17. The van der Waals surface area contributed by atoms with Crippen molar-refractivity contribution in [2.45, 2.75) is 45.8 Å². The molecule has 1 amide bonds. The Bertz CT molecular complexity index is 602. The molecule has 0 spiro atoms. The van der Waals surface area contributed by atoms with E-state index in [1.54, 1.807) is 25.5 Å². The summed E-state index contributed by atoms with van der Waals surface area (Å²) < 4.78 is 17.0. The van der Waals surface area contributed by atoms with Crippen LogP contribution in [0.1, 0.15) is 43.4 Å². The van der Waals surface area contributed by atoms with Gasteiger partial charge in [0.15, 0.2) is 5.69 Å². The lowest BCUT2D eigenvalue weighted by atomic mass is 10.1. The van der Waals surface area contributed by atoms with Gasteiger partial charge in [0.1, 0.15) is 5.60 Å². The number of nitrogens with zero attached hydrogens (tertiary/aromatic N) is 3. The zero-order valence-electron chi connectivity index (χ0n) is 15.2. The number of methoxy groups -OCH3 is 1. The molecule has 0 bridgehead atoms. The van der Waals surface area contributed by atoms with Gasteiger partial charge in [-0.15, -0.1) is 5.10 Å². The van der Waals surface area contributed by atoms with Crippen LogP contribution in [0.5, 0.6) is 0 Å². The van der Waals surface area contributed by atoms with E-state index >= 15 is 0 Å². The molecule has 1 fully saturated rings. The molecule has 9 nitrogen and oxygen atoms in total. The Balaban J connectivity index is 2.01. The van der Waals surface area contributed by atoms with Crippen LogP contribution in [0.15, 0.2) is 0 Å². The summed E-state index contributed by atoms with van der Waals surface area (Å²) in [5.74, 6) is -0.203. The van der Waals surface area contributed by atoms with E-state index in [0.29, 0.717) is 37.7 Å². The third-order valence-corrected chi connectivity index (χ3v) is 3.70. The van der Waals surface area contributed by atoms with Gasteiger partial charge in [-0.25, -0.2) is 14.3 Å². The molecule has 2 rings (SSSR count). The van der Waals surface area contributed by atoms with Crippen molar-refractivity contribution in [1.82, 2.24) is 20.3 Å². The van der Waals surface area contributed by atoms with Gasteiger partial charge < -0.3 is 19.5 Å². The van der Waals surface area contributed by atoms with Crippen LogP contribution in [0.3, 0.4) is 0 Å². The number of hydrogen-bond acceptors (Lipinski definition) is 7. The van der Waals surface area contributed by atoms with Crippen LogP contribution in [-0.2, 0) is 27.2 Å². The molecule has 1 atom stereocenters. The van der Waals surface area contributed by atoms with Crippen LogP contribution in [0.25, 0.3) is 0 Å². The minimum absolute atomic E-state index is 0.174. The van der Waals surface area contributed by atoms with Gasteiger partial charge in [-0.2, -0.15) is 0 Å². The number of carbonyl (C=O) groups excluding carboxylic acids is 2. The number of aromatic nitrogens is 3. The molecule has 1 aliphatic rings. The third-order valence-electron chi connectivity index (χ3n) is 3.70. The molecular formula is C16H26N4O5. The lowest BCUT2D eigenvalue weighted by Gasteiger charge is -2.19. The van der Waals surface area contributed by atoms with Crippen molar-refractivity contribution in [3.63, 3.8) is 0 Å². The normalized spacial score (nSPS) is 17.4. The number of carbonyl (C=O) groups is 2. The fourth-order valence-corrected chi connectivity index (χ4v) is 2.55. The van der Waals surface area contributed by atoms with Crippen LogP contribution >= 0.6 is 0 Å². The van der Waals surface area contributed by atoms with Gasteiger partial charge >= 0.3 is 12.1 Å². The van der Waals surface area contributed by atoms with E-state index in [-0.39, 0.29) is 5.69 Å². The van der Waals surface area contributed by atoms with Gasteiger partial charge in [-0.3, -0.25) is 0 Å². The van der Waals surface area contributed by atoms with Crippen molar-refractivity contribution in [3.8, 4) is 0 Å². The van der Waals surface area contributed by atoms with E-state index in [9.17, 15) is 9.59 Å². The van der Waals surface area contributed by atoms with E-state index in [2.05, 4.69) is 15.6 Å². The van der Waals surface area contributed by atoms with Crippen molar-refractivity contribution in [2.24, 2.45) is 5.92 Å². The Hall–Kier alpha value is -2.16. The van der Waals surface area contributed by atoms with Gasteiger partial charge in [-0.05, 0) is 27.2 Å². The first kappa shape index (κ1) is 19.2. The number of amides is 1. The summed E-state index contributed by atoms with van der Waals surface area (Å²) in [5.41, 5.74) is 0.245. The molecule has 0 saturated carbocycles. The Labute approximate surface area is 147 Å². The van der Waals surface area contributed by atoms with Crippen LogP contribution in [0.2, 0.25) is 0 Å². The van der Waals surface area contributed by atoms with E-state index in [1.165, 1.54) is 7.11 Å². The van der Waals surface area contributed by atoms with Crippen LogP contribution in [-0.4, -0.2) is 59.5 Å². The second-order valence-corrected chi connectivity index (χ2v) is 6.97. The summed E-state index contributed by atoms with van der Waals surface area (Å²) in [5, 5.41) is 10.7. The maximum absolute atomic E-state index is 11.9. The van der Waals surface area contributed by atoms with Gasteiger partial charge in [0.2, 0.25) is 0 Å². The Kier molecular flexibility index (Phi) is 6.35. The summed E-state index contributed by atoms with van der Waals surface area (Å²) in [7, 11) is 1.30. The zero-order valence-corrected chi connectivity index (χ0v) is 15.2. The van der Waals surface area contributed by atoms with Crippen molar-refractivity contribution < 1.29 is 23.8 Å². The molecule has 0 aromatic carbocycles. The fourth-order valence-electron chi connectivity index (χ4n) is 2.55. The quantitative estimate of drug-likeness (QED) is 0.765. The third kappa shape index (κ3) is 5.70. The monoisotopic (exact) mass is 354 g/mol. The highest BCUT2D eigenvalue weighted by atomic mass is 16.6. The largest absolute Gasteiger partial charge is 0.464 e. The molecule has 1 unspecified atom stereocenters. The van der Waals surface area contributed by atoms with Crippen molar-refractivity contribution >= 4 is 12.1 Å². The first-order valence-corrected chi connectivity index (χ1v) is 8.35. The van der Waals surface area contributed by atoms with Crippen LogP contribution < -0.4 is 5.32 Å². The topological polar surface area (TPSA) is 105 Å². The number of alkyl carbamates (subject to hydrolysis) is 1. The van der Waals surface area contributed by atoms with Gasteiger partial charge in [0.05, 0.1) is 19.4 Å². The number of nitrogens with one attached hydrogen (secondary N) is 1. The van der Waals surface area contributed by atoms with Crippen molar-refractivity contribution in [3.05, 3.63) is 11.4 Å². The molecule has 0 aliphatic carbocycles. The van der Waals surface area contributed by atoms with Crippen LogP contribution in [0.4, 0.5) is 4.79 Å². The van der Waals surface area contributed by atoms with E-state index in [0.717, 1.165) is 13.0 Å². The minimum Gasteiger partial charge on any atom is -0.464 e. The predicted octanol–water partition coefficient (Wildman–Crippen LogP) is 1.17. The average molecular weight is 354 g/mol. The molecule has 25 heavy (non-hydrogen) atoms. The molecule has 140 valence electrons. The molecule has 0 radical (unpaired) electrons. The molecule has 1 aliphatic heterocycles. The molecule has 1 saturated heterocycles. The lowest BCUT2D eigenvalue weighted by Crippen LogP contribution is -2.34. The van der Waals surface area contributed by atoms with Crippen LogP contribution in [0, 0.1) is 5.92 Å². The molecule has 9 heteroatoms. The molecule has 2 heterocycles. The summed E-state index contributed by atoms with van der Waals surface area (Å²) >= 11 is 0. The SMILES string of the molecule is COC(=O)c1nnn(CC2CCOC2)c1CCNC(=O)OC(C)(C)C. The standard InChI is InChI=1S/C16H26N4O5/c1-16(2,3)25-15(22)17-7-5-12-13(14(21)23-4)18-19-20(12)9-11-6-8-24-10-11/h11H,5-10H2,1-4H3,(H,17,22). The Morgan fingerprint density at radius 2 is 2.16 bits per heavy atom. The summed E-state index contributed by atoms with van der Waals surface area (Å²) in [6.07, 6.45) is 0.836. The maximum Gasteiger partial charge on any atom is 0.407 e. The lowest BCUT2D eigenvalue weighted by molar-refractivity contribution is 0.0528. The number of rotatable bonds is 6. The van der Waals surface area contributed by atoms with E-state index < -0.39 is 17.7 Å². The first-order valence-electron chi connectivity index (χ1n) is 8.35. The Morgan fingerprint density at radius 3 is 2.76 bits per heavy atom. The predicted molar refractivity (Wildman–Crippen MR) is 88.2 cm³/mol. The van der Waals surface area contributed by atoms with Gasteiger partial charge in [-0.1, -0.05) is 5.21 Å².